The van der Waals surface area contributed by atoms with Crippen LogP contribution >= 0.6 is 0 Å². The Morgan fingerprint density at radius 3 is 2.19 bits per heavy atom. The summed E-state index contributed by atoms with van der Waals surface area (Å²) in [7, 11) is 0. The van der Waals surface area contributed by atoms with Gasteiger partial charge in [0.2, 0.25) is 17.7 Å². The topological polar surface area (TPSA) is 206 Å². The van der Waals surface area contributed by atoms with E-state index >= 15 is 0 Å². The minimum absolute atomic E-state index is 0.0489. The molecule has 2 atom stereocenters. The quantitative estimate of drug-likeness (QED) is 0.162. The summed E-state index contributed by atoms with van der Waals surface area (Å²) in [5.74, 6) is -3.06. The standard InChI is InChI=1S/C20H30N6O6/c21-11-16(27)24-12-17(28)25-14(9-8-13-5-2-1-3-6-13)18(29)26-15(19(30)31)7-4-10-23-20(22)32/h1-3,5-6,14-15H,4,7-12,21H2,(H,24,27)(H,25,28)(H,26,29)(H,30,31)(H3,22,23,32)/t14-,15-/m0/s1. The number of amides is 5. The van der Waals surface area contributed by atoms with E-state index in [4.69, 9.17) is 11.5 Å². The van der Waals surface area contributed by atoms with E-state index in [1.807, 2.05) is 30.3 Å². The average molecular weight is 450 g/mol. The summed E-state index contributed by atoms with van der Waals surface area (Å²) in [5, 5.41) is 19.0. The van der Waals surface area contributed by atoms with Gasteiger partial charge >= 0.3 is 12.0 Å². The van der Waals surface area contributed by atoms with Crippen molar-refractivity contribution in [2.45, 2.75) is 37.8 Å². The van der Waals surface area contributed by atoms with Crippen molar-refractivity contribution >= 4 is 29.7 Å². The predicted octanol–water partition coefficient (Wildman–Crippen LogP) is -1.80. The Morgan fingerprint density at radius 2 is 1.59 bits per heavy atom. The van der Waals surface area contributed by atoms with Crippen molar-refractivity contribution < 1.29 is 29.1 Å². The SMILES string of the molecule is NCC(=O)NCC(=O)N[C@@H](CCc1ccccc1)C(=O)N[C@@H](CCCNC(N)=O)C(=O)O. The van der Waals surface area contributed by atoms with Crippen LogP contribution in [0.25, 0.3) is 0 Å². The number of aryl methyl sites for hydroxylation is 1. The molecule has 1 aromatic carbocycles. The molecule has 32 heavy (non-hydrogen) atoms. The molecule has 12 nitrogen and oxygen atoms in total. The lowest BCUT2D eigenvalue weighted by atomic mass is 10.0. The van der Waals surface area contributed by atoms with Crippen LogP contribution in [0, 0.1) is 0 Å². The van der Waals surface area contributed by atoms with Crippen molar-refractivity contribution in [3.05, 3.63) is 35.9 Å². The van der Waals surface area contributed by atoms with E-state index < -0.39 is 41.8 Å². The first-order valence-corrected chi connectivity index (χ1v) is 10.1. The molecule has 0 aliphatic rings. The second kappa shape index (κ2) is 14.4. The molecule has 0 heterocycles. The highest BCUT2D eigenvalue weighted by Crippen LogP contribution is 2.07. The number of benzene rings is 1. The number of rotatable bonds is 14. The van der Waals surface area contributed by atoms with Crippen LogP contribution in [-0.2, 0) is 25.6 Å². The molecule has 0 aliphatic heterocycles. The molecule has 0 unspecified atom stereocenters. The fraction of sp³-hybridized carbons (Fsp3) is 0.450. The van der Waals surface area contributed by atoms with Gasteiger partial charge in [-0.25, -0.2) is 9.59 Å². The van der Waals surface area contributed by atoms with Crippen molar-refractivity contribution in [1.29, 1.82) is 0 Å². The molecule has 1 aromatic rings. The summed E-state index contributed by atoms with van der Waals surface area (Å²) in [6.45, 7) is -0.494. The van der Waals surface area contributed by atoms with Crippen LogP contribution < -0.4 is 32.7 Å². The highest BCUT2D eigenvalue weighted by molar-refractivity contribution is 5.92. The Balaban J connectivity index is 2.76. The zero-order chi connectivity index (χ0) is 23.9. The van der Waals surface area contributed by atoms with Gasteiger partial charge in [-0.3, -0.25) is 14.4 Å². The van der Waals surface area contributed by atoms with Crippen molar-refractivity contribution in [1.82, 2.24) is 21.3 Å². The van der Waals surface area contributed by atoms with Crippen LogP contribution in [-0.4, -0.2) is 66.5 Å². The molecule has 176 valence electrons. The first kappa shape index (κ1) is 26.4. The van der Waals surface area contributed by atoms with Crippen molar-refractivity contribution in [3.8, 4) is 0 Å². The van der Waals surface area contributed by atoms with Gasteiger partial charge in [-0.15, -0.1) is 0 Å². The first-order valence-electron chi connectivity index (χ1n) is 10.1. The van der Waals surface area contributed by atoms with Gasteiger partial charge in [-0.2, -0.15) is 0 Å². The van der Waals surface area contributed by atoms with E-state index in [9.17, 15) is 29.1 Å². The Kier molecular flexibility index (Phi) is 11.8. The lowest BCUT2D eigenvalue weighted by molar-refractivity contribution is -0.142. The summed E-state index contributed by atoms with van der Waals surface area (Å²) in [6, 6.07) is 6.28. The monoisotopic (exact) mass is 450 g/mol. The van der Waals surface area contributed by atoms with Crippen LogP contribution in [0.1, 0.15) is 24.8 Å². The number of hydrogen-bond donors (Lipinski definition) is 7. The average Bonchev–Trinajstić information content (AvgIpc) is 2.77. The molecule has 1 rings (SSSR count). The third kappa shape index (κ3) is 10.9. The van der Waals surface area contributed by atoms with Gasteiger partial charge in [-0.05, 0) is 31.2 Å². The zero-order valence-corrected chi connectivity index (χ0v) is 17.6. The Labute approximate surface area is 185 Å². The largest absolute Gasteiger partial charge is 0.480 e. The summed E-state index contributed by atoms with van der Waals surface area (Å²) in [4.78, 5) is 58.4. The predicted molar refractivity (Wildman–Crippen MR) is 115 cm³/mol. The van der Waals surface area contributed by atoms with Crippen LogP contribution in [0.3, 0.4) is 0 Å². The minimum Gasteiger partial charge on any atom is -0.480 e. The fourth-order valence-electron chi connectivity index (χ4n) is 2.77. The van der Waals surface area contributed by atoms with E-state index in [-0.39, 0.29) is 38.9 Å². The number of nitrogens with two attached hydrogens (primary N) is 2. The third-order valence-electron chi connectivity index (χ3n) is 4.43. The maximum Gasteiger partial charge on any atom is 0.326 e. The molecule has 9 N–H and O–H groups in total. The van der Waals surface area contributed by atoms with Crippen LogP contribution in [0.4, 0.5) is 4.79 Å². The lowest BCUT2D eigenvalue weighted by Crippen LogP contribution is -2.53. The maximum absolute atomic E-state index is 12.8. The lowest BCUT2D eigenvalue weighted by Gasteiger charge is -2.22. The third-order valence-corrected chi connectivity index (χ3v) is 4.43. The van der Waals surface area contributed by atoms with Crippen molar-refractivity contribution in [3.63, 3.8) is 0 Å². The van der Waals surface area contributed by atoms with Gasteiger partial charge in [0, 0.05) is 6.54 Å². The molecule has 0 saturated heterocycles. The molecule has 0 radical (unpaired) electrons. The van der Waals surface area contributed by atoms with Crippen LogP contribution in [0.15, 0.2) is 30.3 Å². The normalized spacial score (nSPS) is 12.2. The molecule has 0 fully saturated rings. The number of carboxylic acids is 1. The number of aliphatic carboxylic acids is 1. The molecular formula is C20H30N6O6. The van der Waals surface area contributed by atoms with Gasteiger partial charge in [0.25, 0.3) is 0 Å². The number of carboxylic acid groups (broad SMARTS) is 1. The van der Waals surface area contributed by atoms with Gasteiger partial charge in [0.1, 0.15) is 12.1 Å². The molecule has 0 spiro atoms. The van der Waals surface area contributed by atoms with Crippen molar-refractivity contribution in [2.24, 2.45) is 11.5 Å². The van der Waals surface area contributed by atoms with Gasteiger partial charge in [0.15, 0.2) is 0 Å². The summed E-state index contributed by atoms with van der Waals surface area (Å²) in [6.07, 6.45) is 0.982. The van der Waals surface area contributed by atoms with Gasteiger partial charge in [0.05, 0.1) is 13.1 Å². The van der Waals surface area contributed by atoms with E-state index in [1.165, 1.54) is 0 Å². The molecule has 0 aliphatic carbocycles. The highest BCUT2D eigenvalue weighted by atomic mass is 16.4. The first-order chi connectivity index (χ1) is 15.2. The number of nitrogens with one attached hydrogen (secondary N) is 4. The van der Waals surface area contributed by atoms with Crippen LogP contribution in [0.5, 0.6) is 0 Å². The number of urea groups is 1. The van der Waals surface area contributed by atoms with Gasteiger partial charge in [-0.1, -0.05) is 30.3 Å². The summed E-state index contributed by atoms with van der Waals surface area (Å²) >= 11 is 0. The summed E-state index contributed by atoms with van der Waals surface area (Å²) < 4.78 is 0. The fourth-order valence-corrected chi connectivity index (χ4v) is 2.77. The van der Waals surface area contributed by atoms with Crippen LogP contribution in [0.2, 0.25) is 0 Å². The zero-order valence-electron chi connectivity index (χ0n) is 17.6. The highest BCUT2D eigenvalue weighted by Gasteiger charge is 2.26. The molecule has 0 aromatic heterocycles. The summed E-state index contributed by atoms with van der Waals surface area (Å²) in [5.41, 5.74) is 11.1. The van der Waals surface area contributed by atoms with E-state index in [1.54, 1.807) is 0 Å². The Bertz CT molecular complexity index is 788. The maximum atomic E-state index is 12.8. The molecule has 5 amide bonds. The second-order valence-electron chi connectivity index (χ2n) is 6.96. The van der Waals surface area contributed by atoms with Crippen molar-refractivity contribution in [2.75, 3.05) is 19.6 Å². The molecule has 12 heteroatoms. The number of carbonyl (C=O) groups excluding carboxylic acids is 4. The van der Waals surface area contributed by atoms with E-state index in [0.717, 1.165) is 5.56 Å². The minimum atomic E-state index is -1.25. The smallest absolute Gasteiger partial charge is 0.326 e. The van der Waals surface area contributed by atoms with E-state index in [0.29, 0.717) is 6.42 Å². The number of hydrogen-bond acceptors (Lipinski definition) is 6. The molecular weight excluding hydrogens is 420 g/mol. The second-order valence-corrected chi connectivity index (χ2v) is 6.96. The Morgan fingerprint density at radius 1 is 0.906 bits per heavy atom. The number of carbonyl (C=O) groups is 5. The number of primary amides is 1. The van der Waals surface area contributed by atoms with Gasteiger partial charge < -0.3 is 37.8 Å². The molecule has 0 saturated carbocycles. The molecule has 0 bridgehead atoms. The van der Waals surface area contributed by atoms with E-state index in [2.05, 4.69) is 21.3 Å². The Hall–Kier alpha value is -3.67.